The van der Waals surface area contributed by atoms with E-state index in [0.717, 1.165) is 6.07 Å². The largest absolute Gasteiger partial charge is 0.465 e. The van der Waals surface area contributed by atoms with Crippen LogP contribution in [0.5, 0.6) is 0 Å². The molecule has 6 heteroatoms. The van der Waals surface area contributed by atoms with Gasteiger partial charge in [-0.2, -0.15) is 0 Å². The number of aliphatic hydroxyl groups is 1. The van der Waals surface area contributed by atoms with Gasteiger partial charge in [0, 0.05) is 12.5 Å². The molecule has 0 fully saturated rings. The Labute approximate surface area is 103 Å². The summed E-state index contributed by atoms with van der Waals surface area (Å²) in [6, 6.07) is 1.72. The van der Waals surface area contributed by atoms with E-state index in [0.29, 0.717) is 6.07 Å². The summed E-state index contributed by atoms with van der Waals surface area (Å²) in [4.78, 5) is 11.3. The van der Waals surface area contributed by atoms with Crippen LogP contribution in [0.1, 0.15) is 12.5 Å². The molecule has 2 atom stereocenters. The van der Waals surface area contributed by atoms with Gasteiger partial charge in [0.05, 0.1) is 12.7 Å². The Morgan fingerprint density at radius 2 is 2.17 bits per heavy atom. The van der Waals surface area contributed by atoms with Crippen LogP contribution in [-0.2, 0) is 16.0 Å². The van der Waals surface area contributed by atoms with Gasteiger partial charge in [0.15, 0.2) is 0 Å². The number of hydrogen-bond acceptors (Lipinski definition) is 4. The Bertz CT molecular complexity index is 426. The maximum absolute atomic E-state index is 13.3. The number of rotatable bonds is 5. The molecular weight excluding hydrogens is 244 g/mol. The van der Waals surface area contributed by atoms with E-state index in [1.54, 1.807) is 6.92 Å². The molecule has 0 bridgehead atoms. The average Bonchev–Trinajstić information content (AvgIpc) is 2.32. The summed E-state index contributed by atoms with van der Waals surface area (Å²) in [5.41, 5.74) is 5.54. The molecule has 0 amide bonds. The normalized spacial score (nSPS) is 14.1. The summed E-state index contributed by atoms with van der Waals surface area (Å²) in [7, 11) is 0. The molecule has 0 radical (unpaired) electrons. The molecule has 18 heavy (non-hydrogen) atoms. The van der Waals surface area contributed by atoms with Crippen LogP contribution in [0.2, 0.25) is 0 Å². The molecule has 3 N–H and O–H groups in total. The van der Waals surface area contributed by atoms with Crippen LogP contribution in [0.15, 0.2) is 18.2 Å². The zero-order valence-corrected chi connectivity index (χ0v) is 9.90. The predicted octanol–water partition coefficient (Wildman–Crippen LogP) is 0.759. The Morgan fingerprint density at radius 3 is 2.72 bits per heavy atom. The molecule has 0 saturated carbocycles. The van der Waals surface area contributed by atoms with Crippen LogP contribution >= 0.6 is 0 Å². The van der Waals surface area contributed by atoms with E-state index in [4.69, 9.17) is 5.73 Å². The summed E-state index contributed by atoms with van der Waals surface area (Å²) in [5.74, 6) is -2.25. The summed E-state index contributed by atoms with van der Waals surface area (Å²) in [6.45, 7) is 1.75. The maximum Gasteiger partial charge on any atom is 0.325 e. The lowest BCUT2D eigenvalue weighted by molar-refractivity contribution is -0.147. The van der Waals surface area contributed by atoms with Gasteiger partial charge in [-0.05, 0) is 18.6 Å². The van der Waals surface area contributed by atoms with Gasteiger partial charge in [0.25, 0.3) is 0 Å². The molecule has 0 spiro atoms. The fraction of sp³-hybridized carbons (Fsp3) is 0.417. The topological polar surface area (TPSA) is 72.5 Å². The van der Waals surface area contributed by atoms with Crippen molar-refractivity contribution >= 4 is 5.97 Å². The van der Waals surface area contributed by atoms with Gasteiger partial charge in [0.1, 0.15) is 17.7 Å². The second kappa shape index (κ2) is 6.42. The fourth-order valence-electron chi connectivity index (χ4n) is 1.44. The van der Waals surface area contributed by atoms with Crippen LogP contribution in [0.25, 0.3) is 0 Å². The molecule has 1 aromatic rings. The first-order valence-electron chi connectivity index (χ1n) is 5.50. The molecular formula is C12H15F2NO3. The van der Waals surface area contributed by atoms with E-state index in [1.165, 1.54) is 6.07 Å². The zero-order valence-electron chi connectivity index (χ0n) is 9.90. The standard InChI is InChI=1S/C12H15F2NO3/c1-2-18-12(17)11(15)10(16)5-7-3-4-8(13)6-9(7)14/h3-4,6,10-11,16H,2,5,15H2,1H3. The summed E-state index contributed by atoms with van der Waals surface area (Å²) >= 11 is 0. The Morgan fingerprint density at radius 1 is 1.50 bits per heavy atom. The third-order valence-corrected chi connectivity index (χ3v) is 2.42. The van der Waals surface area contributed by atoms with E-state index in [9.17, 15) is 18.7 Å². The van der Waals surface area contributed by atoms with Crippen molar-refractivity contribution in [3.05, 3.63) is 35.4 Å². The third kappa shape index (κ3) is 3.75. The van der Waals surface area contributed by atoms with Crippen molar-refractivity contribution < 1.29 is 23.4 Å². The number of halogens is 2. The van der Waals surface area contributed by atoms with Crippen LogP contribution in [-0.4, -0.2) is 29.8 Å². The zero-order chi connectivity index (χ0) is 13.7. The van der Waals surface area contributed by atoms with Gasteiger partial charge in [-0.25, -0.2) is 8.78 Å². The van der Waals surface area contributed by atoms with Gasteiger partial charge in [-0.1, -0.05) is 6.07 Å². The molecule has 0 aromatic heterocycles. The molecule has 100 valence electrons. The van der Waals surface area contributed by atoms with Crippen molar-refractivity contribution in [2.75, 3.05) is 6.61 Å². The van der Waals surface area contributed by atoms with Crippen molar-refractivity contribution in [3.8, 4) is 0 Å². The number of nitrogens with two attached hydrogens (primary N) is 1. The van der Waals surface area contributed by atoms with Gasteiger partial charge in [-0.15, -0.1) is 0 Å². The minimum atomic E-state index is -1.29. The Hall–Kier alpha value is -1.53. The number of benzene rings is 1. The van der Waals surface area contributed by atoms with Crippen molar-refractivity contribution in [1.29, 1.82) is 0 Å². The van der Waals surface area contributed by atoms with Gasteiger partial charge >= 0.3 is 5.97 Å². The molecule has 0 aliphatic rings. The molecule has 4 nitrogen and oxygen atoms in total. The van der Waals surface area contributed by atoms with E-state index in [1.807, 2.05) is 0 Å². The van der Waals surface area contributed by atoms with E-state index >= 15 is 0 Å². The lowest BCUT2D eigenvalue weighted by atomic mass is 10.0. The highest BCUT2D eigenvalue weighted by Gasteiger charge is 2.24. The van der Waals surface area contributed by atoms with Crippen molar-refractivity contribution in [1.82, 2.24) is 0 Å². The second-order valence-electron chi connectivity index (χ2n) is 3.79. The van der Waals surface area contributed by atoms with Crippen molar-refractivity contribution in [3.63, 3.8) is 0 Å². The maximum atomic E-state index is 13.3. The van der Waals surface area contributed by atoms with Crippen molar-refractivity contribution in [2.24, 2.45) is 5.73 Å². The van der Waals surface area contributed by atoms with Crippen LogP contribution in [0.4, 0.5) is 8.78 Å². The first kappa shape index (κ1) is 14.5. The molecule has 1 aromatic carbocycles. The highest BCUT2D eigenvalue weighted by Crippen LogP contribution is 2.13. The second-order valence-corrected chi connectivity index (χ2v) is 3.79. The van der Waals surface area contributed by atoms with E-state index < -0.39 is 29.7 Å². The molecule has 0 aliphatic heterocycles. The molecule has 1 rings (SSSR count). The first-order valence-corrected chi connectivity index (χ1v) is 5.50. The average molecular weight is 259 g/mol. The summed E-state index contributed by atoms with van der Waals surface area (Å²) < 4.78 is 30.6. The number of ether oxygens (including phenoxy) is 1. The fourth-order valence-corrected chi connectivity index (χ4v) is 1.44. The molecule has 0 aliphatic carbocycles. The summed E-state index contributed by atoms with van der Waals surface area (Å²) in [5, 5.41) is 9.68. The van der Waals surface area contributed by atoms with Crippen LogP contribution in [0.3, 0.4) is 0 Å². The smallest absolute Gasteiger partial charge is 0.325 e. The van der Waals surface area contributed by atoms with Crippen LogP contribution < -0.4 is 5.73 Å². The van der Waals surface area contributed by atoms with Gasteiger partial charge < -0.3 is 15.6 Å². The molecule has 0 heterocycles. The molecule has 0 saturated heterocycles. The first-order chi connectivity index (χ1) is 8.45. The minimum absolute atomic E-state index is 0.0867. The number of carbonyl (C=O) groups excluding carboxylic acids is 1. The Kier molecular flexibility index (Phi) is 5.18. The van der Waals surface area contributed by atoms with E-state index in [-0.39, 0.29) is 18.6 Å². The van der Waals surface area contributed by atoms with Gasteiger partial charge in [0.2, 0.25) is 0 Å². The van der Waals surface area contributed by atoms with Crippen LogP contribution in [0, 0.1) is 11.6 Å². The lowest BCUT2D eigenvalue weighted by Crippen LogP contribution is -2.44. The van der Waals surface area contributed by atoms with Crippen molar-refractivity contribution in [2.45, 2.75) is 25.5 Å². The highest BCUT2D eigenvalue weighted by molar-refractivity contribution is 5.76. The monoisotopic (exact) mass is 259 g/mol. The van der Waals surface area contributed by atoms with E-state index in [2.05, 4.69) is 4.74 Å². The molecule has 2 unspecified atom stereocenters. The number of aliphatic hydroxyl groups excluding tert-OH is 1. The Balaban J connectivity index is 2.69. The quantitative estimate of drug-likeness (QED) is 0.766. The number of esters is 1. The highest BCUT2D eigenvalue weighted by atomic mass is 19.1. The predicted molar refractivity (Wildman–Crippen MR) is 60.7 cm³/mol. The summed E-state index contributed by atoms with van der Waals surface area (Å²) in [6.07, 6.45) is -1.48. The SMILES string of the molecule is CCOC(=O)C(N)C(O)Cc1ccc(F)cc1F. The number of hydrogen-bond donors (Lipinski definition) is 2. The minimum Gasteiger partial charge on any atom is -0.465 e. The number of carbonyl (C=O) groups is 1. The lowest BCUT2D eigenvalue weighted by Gasteiger charge is -2.17. The van der Waals surface area contributed by atoms with Gasteiger partial charge in [-0.3, -0.25) is 4.79 Å². The third-order valence-electron chi connectivity index (χ3n) is 2.42.